The number of halogens is 6. The third kappa shape index (κ3) is 4.61. The highest BCUT2D eigenvalue weighted by Gasteiger charge is 2.53. The molecule has 2 atom stereocenters. The number of hydrogen-bond donors (Lipinski definition) is 2. The Morgan fingerprint density at radius 2 is 1.68 bits per heavy atom. The first-order valence-corrected chi connectivity index (χ1v) is 7.67. The zero-order valence-electron chi connectivity index (χ0n) is 12.2. The number of nitrogens with zero attached hydrogens (tertiary/aromatic N) is 1. The zero-order valence-corrected chi connectivity index (χ0v) is 13.0. The van der Waals surface area contributed by atoms with Crippen LogP contribution in [0.2, 0.25) is 0 Å². The van der Waals surface area contributed by atoms with Crippen molar-refractivity contribution in [1.29, 1.82) is 0 Å². The van der Waals surface area contributed by atoms with Crippen LogP contribution < -0.4 is 0 Å². The molecule has 25 heavy (non-hydrogen) atoms. The van der Waals surface area contributed by atoms with E-state index in [4.69, 9.17) is 5.11 Å². The monoisotopic (exact) mass is 395 g/mol. The van der Waals surface area contributed by atoms with E-state index in [0.717, 1.165) is 0 Å². The highest BCUT2D eigenvalue weighted by atomic mass is 32.2. The van der Waals surface area contributed by atoms with Gasteiger partial charge in [-0.25, -0.2) is 13.2 Å². The van der Waals surface area contributed by atoms with Gasteiger partial charge in [0.2, 0.25) is 10.0 Å². The van der Waals surface area contributed by atoms with E-state index in [0.29, 0.717) is 25.2 Å². The fourth-order valence-electron chi connectivity index (χ4n) is 1.87. The van der Waals surface area contributed by atoms with Crippen LogP contribution in [0.4, 0.5) is 26.3 Å². The second kappa shape index (κ2) is 6.80. The van der Waals surface area contributed by atoms with E-state index in [9.17, 15) is 44.7 Å². The topological polar surface area (TPSA) is 94.9 Å². The summed E-state index contributed by atoms with van der Waals surface area (Å²) in [5, 5.41) is 17.7. The number of aliphatic carboxylic acids is 1. The van der Waals surface area contributed by atoms with Gasteiger partial charge in [-0.15, -0.1) is 0 Å². The summed E-state index contributed by atoms with van der Waals surface area (Å²) < 4.78 is 101. The van der Waals surface area contributed by atoms with Crippen molar-refractivity contribution >= 4 is 16.0 Å². The van der Waals surface area contributed by atoms with Gasteiger partial charge in [0, 0.05) is 7.05 Å². The van der Waals surface area contributed by atoms with E-state index < -0.39 is 55.3 Å². The first-order chi connectivity index (χ1) is 11.1. The number of aliphatic hydroxyl groups excluding tert-OH is 1. The van der Waals surface area contributed by atoms with E-state index in [1.54, 1.807) is 0 Å². The van der Waals surface area contributed by atoms with Gasteiger partial charge in [-0.3, -0.25) is 0 Å². The predicted octanol–water partition coefficient (Wildman–Crippen LogP) is 1.70. The summed E-state index contributed by atoms with van der Waals surface area (Å²) >= 11 is 0. The summed E-state index contributed by atoms with van der Waals surface area (Å²) in [6.45, 7) is 0. The highest BCUT2D eigenvalue weighted by molar-refractivity contribution is 7.89. The smallest absolute Gasteiger partial charge is 0.416 e. The van der Waals surface area contributed by atoms with Gasteiger partial charge in [0.15, 0.2) is 12.1 Å². The molecule has 0 bridgehead atoms. The molecule has 6 nitrogen and oxygen atoms in total. The number of carboxylic acids is 1. The van der Waals surface area contributed by atoms with Crippen LogP contribution in [0.3, 0.4) is 0 Å². The van der Waals surface area contributed by atoms with E-state index in [1.165, 1.54) is 0 Å². The van der Waals surface area contributed by atoms with Crippen LogP contribution in [0, 0.1) is 0 Å². The maximum atomic E-state index is 13.0. The fraction of sp³-hybridized carbons (Fsp3) is 0.417. The van der Waals surface area contributed by atoms with Crippen LogP contribution in [-0.2, 0) is 21.0 Å². The van der Waals surface area contributed by atoms with Crippen LogP contribution in [-0.4, -0.2) is 54.3 Å². The first-order valence-electron chi connectivity index (χ1n) is 6.23. The number of likely N-dealkylation sites (N-methyl/N-ethyl adjacent to an activating group) is 1. The highest BCUT2D eigenvalue weighted by Crippen LogP contribution is 2.33. The van der Waals surface area contributed by atoms with Crippen LogP contribution >= 0.6 is 0 Å². The minimum atomic E-state index is -5.50. The average molecular weight is 395 g/mol. The molecule has 0 aliphatic carbocycles. The van der Waals surface area contributed by atoms with Crippen molar-refractivity contribution in [3.63, 3.8) is 0 Å². The Balaban J connectivity index is 3.43. The molecular weight excluding hydrogens is 384 g/mol. The quantitative estimate of drug-likeness (QED) is 0.741. The second-order valence-corrected chi connectivity index (χ2v) is 6.81. The van der Waals surface area contributed by atoms with Crippen molar-refractivity contribution in [2.24, 2.45) is 0 Å². The molecular formula is C12H11F6NO5S. The van der Waals surface area contributed by atoms with E-state index >= 15 is 0 Å². The molecule has 1 rings (SSSR count). The molecule has 0 heterocycles. The number of benzene rings is 1. The molecule has 0 spiro atoms. The second-order valence-electron chi connectivity index (χ2n) is 4.82. The summed E-state index contributed by atoms with van der Waals surface area (Å²) in [6.07, 6.45) is -13.6. The van der Waals surface area contributed by atoms with Crippen molar-refractivity contribution in [1.82, 2.24) is 4.31 Å². The van der Waals surface area contributed by atoms with Gasteiger partial charge in [0.1, 0.15) is 0 Å². The van der Waals surface area contributed by atoms with Crippen LogP contribution in [0.25, 0.3) is 0 Å². The number of hydrogen-bond acceptors (Lipinski definition) is 4. The van der Waals surface area contributed by atoms with Crippen molar-refractivity contribution in [2.75, 3.05) is 7.05 Å². The lowest BCUT2D eigenvalue weighted by atomic mass is 10.1. The van der Waals surface area contributed by atoms with Gasteiger partial charge in [-0.2, -0.15) is 30.6 Å². The molecule has 0 aliphatic rings. The van der Waals surface area contributed by atoms with Gasteiger partial charge in [0.25, 0.3) is 0 Å². The van der Waals surface area contributed by atoms with Gasteiger partial charge < -0.3 is 10.2 Å². The Labute approximate surface area is 137 Å². The van der Waals surface area contributed by atoms with Crippen LogP contribution in [0.15, 0.2) is 29.2 Å². The van der Waals surface area contributed by atoms with Gasteiger partial charge >= 0.3 is 18.3 Å². The molecule has 0 aliphatic heterocycles. The molecule has 0 saturated heterocycles. The largest absolute Gasteiger partial charge is 0.479 e. The van der Waals surface area contributed by atoms with Gasteiger partial charge in [0.05, 0.1) is 10.5 Å². The molecule has 2 N–H and O–H groups in total. The molecule has 0 aromatic heterocycles. The number of rotatable bonds is 5. The predicted molar refractivity (Wildman–Crippen MR) is 69.9 cm³/mol. The molecule has 1 aromatic carbocycles. The Hall–Kier alpha value is -1.86. The number of alkyl halides is 6. The molecule has 0 amide bonds. The molecule has 142 valence electrons. The Morgan fingerprint density at radius 1 is 1.16 bits per heavy atom. The average Bonchev–Trinajstić information content (AvgIpc) is 2.44. The van der Waals surface area contributed by atoms with Gasteiger partial charge in [-0.05, 0) is 18.2 Å². The fourth-order valence-corrected chi connectivity index (χ4v) is 3.26. The van der Waals surface area contributed by atoms with Gasteiger partial charge in [-0.1, -0.05) is 6.07 Å². The van der Waals surface area contributed by atoms with Crippen molar-refractivity contribution in [2.45, 2.75) is 29.4 Å². The number of carboxylic acid groups (broad SMARTS) is 1. The maximum Gasteiger partial charge on any atom is 0.416 e. The van der Waals surface area contributed by atoms with Crippen molar-refractivity contribution in [3.8, 4) is 0 Å². The lowest BCUT2D eigenvalue weighted by Gasteiger charge is -2.30. The Kier molecular flexibility index (Phi) is 5.76. The number of sulfonamides is 1. The summed E-state index contributed by atoms with van der Waals surface area (Å²) in [5.41, 5.74) is -1.43. The number of aliphatic hydroxyl groups is 1. The SMILES string of the molecule is CN(C(C(O)C(=O)O)C(F)(F)F)S(=O)(=O)c1cccc(C(F)(F)F)c1. The number of carbonyl (C=O) groups is 1. The standard InChI is InChI=1S/C12H11F6NO5S/c1-19(9(12(16,17)18)8(20)10(21)22)25(23,24)7-4-2-3-6(5-7)11(13,14)15/h2-5,8-9,20H,1H3,(H,21,22). The molecule has 0 saturated carbocycles. The normalized spacial score (nSPS) is 15.9. The molecule has 0 fully saturated rings. The third-order valence-electron chi connectivity index (χ3n) is 3.12. The summed E-state index contributed by atoms with van der Waals surface area (Å²) in [7, 11) is -4.89. The summed E-state index contributed by atoms with van der Waals surface area (Å²) in [6, 6.07) is -1.51. The van der Waals surface area contributed by atoms with Crippen LogP contribution in [0.1, 0.15) is 5.56 Å². The summed E-state index contributed by atoms with van der Waals surface area (Å²) in [5.74, 6) is -2.35. The minimum absolute atomic E-state index is 0.104. The molecule has 1 aromatic rings. The Morgan fingerprint density at radius 3 is 2.08 bits per heavy atom. The lowest BCUT2D eigenvalue weighted by Crippen LogP contribution is -2.55. The maximum absolute atomic E-state index is 13.0. The molecule has 0 radical (unpaired) electrons. The third-order valence-corrected chi connectivity index (χ3v) is 4.95. The van der Waals surface area contributed by atoms with Crippen molar-refractivity contribution < 1.29 is 49.8 Å². The zero-order chi connectivity index (χ0) is 19.8. The van der Waals surface area contributed by atoms with Crippen molar-refractivity contribution in [3.05, 3.63) is 29.8 Å². The van der Waals surface area contributed by atoms with Crippen LogP contribution in [0.5, 0.6) is 0 Å². The summed E-state index contributed by atoms with van der Waals surface area (Å²) in [4.78, 5) is 9.48. The minimum Gasteiger partial charge on any atom is -0.479 e. The van der Waals surface area contributed by atoms with E-state index in [-0.39, 0.29) is 6.07 Å². The molecule has 2 unspecified atom stereocenters. The van der Waals surface area contributed by atoms with E-state index in [2.05, 4.69) is 0 Å². The molecule has 13 heteroatoms. The lowest BCUT2D eigenvalue weighted by molar-refractivity contribution is -0.200. The first kappa shape index (κ1) is 21.2. The van der Waals surface area contributed by atoms with E-state index in [1.807, 2.05) is 0 Å². The Bertz CT molecular complexity index is 745.